The minimum atomic E-state index is -0.327. The maximum Gasteiger partial charge on any atom is 0.152 e. The molecule has 1 aromatic carbocycles. The fraction of sp³-hybridized carbons (Fsp3) is 0.231. The molecule has 18 heavy (non-hydrogen) atoms. The molecule has 0 spiro atoms. The van der Waals surface area contributed by atoms with Crippen molar-refractivity contribution in [2.45, 2.75) is 13.8 Å². The van der Waals surface area contributed by atoms with Crippen LogP contribution in [0.25, 0.3) is 11.3 Å². The number of hydrogen-bond acceptors (Lipinski definition) is 3. The first kappa shape index (κ1) is 13.0. The van der Waals surface area contributed by atoms with Gasteiger partial charge in [-0.05, 0) is 41.9 Å². The topological polar surface area (TPSA) is 37.8 Å². The predicted molar refractivity (Wildman–Crippen MR) is 74.1 cm³/mol. The van der Waals surface area contributed by atoms with E-state index in [0.717, 1.165) is 11.4 Å². The lowest BCUT2D eigenvalue weighted by Gasteiger charge is -2.11. The Morgan fingerprint density at radius 2 is 1.83 bits per heavy atom. The molecule has 0 bridgehead atoms. The summed E-state index contributed by atoms with van der Waals surface area (Å²) >= 11 is 3.18. The Morgan fingerprint density at radius 1 is 1.17 bits per heavy atom. The van der Waals surface area contributed by atoms with E-state index in [2.05, 4.69) is 31.2 Å². The molecular weight excluding hydrogens is 297 g/mol. The number of nitrogens with zero attached hydrogens (tertiary/aromatic N) is 2. The number of anilines is 1. The summed E-state index contributed by atoms with van der Waals surface area (Å²) in [6.45, 7) is 3.74. The zero-order valence-corrected chi connectivity index (χ0v) is 12.0. The van der Waals surface area contributed by atoms with Crippen LogP contribution in [0, 0.1) is 19.7 Å². The fourth-order valence-corrected chi connectivity index (χ4v) is 2.02. The van der Waals surface area contributed by atoms with Crippen LogP contribution >= 0.6 is 15.9 Å². The summed E-state index contributed by atoms with van der Waals surface area (Å²) in [5, 5.41) is 2.95. The predicted octanol–water partition coefficient (Wildman–Crippen LogP) is 3.70. The summed E-state index contributed by atoms with van der Waals surface area (Å²) in [5.41, 5.74) is 2.59. The molecule has 2 aromatic rings. The number of aromatic nitrogens is 2. The highest BCUT2D eigenvalue weighted by Gasteiger charge is 2.15. The van der Waals surface area contributed by atoms with Gasteiger partial charge in [-0.3, -0.25) is 0 Å². The van der Waals surface area contributed by atoms with E-state index < -0.39 is 0 Å². The highest BCUT2D eigenvalue weighted by Crippen LogP contribution is 2.30. The van der Waals surface area contributed by atoms with Crippen LogP contribution in [-0.4, -0.2) is 17.0 Å². The summed E-state index contributed by atoms with van der Waals surface area (Å²) < 4.78 is 14.5. The van der Waals surface area contributed by atoms with Gasteiger partial charge in [0.2, 0.25) is 0 Å². The summed E-state index contributed by atoms with van der Waals surface area (Å²) in [4.78, 5) is 8.81. The molecule has 0 aliphatic heterocycles. The van der Waals surface area contributed by atoms with E-state index in [1.54, 1.807) is 25.2 Å². The van der Waals surface area contributed by atoms with Crippen molar-refractivity contribution < 1.29 is 4.39 Å². The Kier molecular flexibility index (Phi) is 3.61. The molecule has 94 valence electrons. The SMILES string of the molecule is CNc1nc(C)c(C)nc1-c1cccc(Br)c1F. The van der Waals surface area contributed by atoms with Gasteiger partial charge in [0.05, 0.1) is 15.9 Å². The third kappa shape index (κ3) is 2.22. The van der Waals surface area contributed by atoms with Gasteiger partial charge in [-0.25, -0.2) is 14.4 Å². The second-order valence-electron chi connectivity index (χ2n) is 3.94. The average molecular weight is 310 g/mol. The highest BCUT2D eigenvalue weighted by atomic mass is 79.9. The summed E-state index contributed by atoms with van der Waals surface area (Å²) in [7, 11) is 1.75. The molecule has 2 rings (SSSR count). The monoisotopic (exact) mass is 309 g/mol. The van der Waals surface area contributed by atoms with Crippen LogP contribution in [0.2, 0.25) is 0 Å². The molecule has 0 saturated carbocycles. The van der Waals surface area contributed by atoms with E-state index in [1.807, 2.05) is 13.8 Å². The molecular formula is C13H13BrFN3. The summed E-state index contributed by atoms with van der Waals surface area (Å²) in [6, 6.07) is 5.13. The van der Waals surface area contributed by atoms with Crippen molar-refractivity contribution in [1.29, 1.82) is 0 Å². The highest BCUT2D eigenvalue weighted by molar-refractivity contribution is 9.10. The van der Waals surface area contributed by atoms with E-state index in [4.69, 9.17) is 0 Å². The van der Waals surface area contributed by atoms with Crippen molar-refractivity contribution in [1.82, 2.24) is 9.97 Å². The Balaban J connectivity index is 2.70. The molecule has 1 aromatic heterocycles. The van der Waals surface area contributed by atoms with E-state index >= 15 is 0 Å². The minimum Gasteiger partial charge on any atom is -0.371 e. The van der Waals surface area contributed by atoms with E-state index in [1.165, 1.54) is 0 Å². The van der Waals surface area contributed by atoms with Gasteiger partial charge in [0, 0.05) is 12.6 Å². The molecule has 1 N–H and O–H groups in total. The van der Waals surface area contributed by atoms with Gasteiger partial charge in [0.15, 0.2) is 5.82 Å². The van der Waals surface area contributed by atoms with Crippen LogP contribution in [-0.2, 0) is 0 Å². The maximum absolute atomic E-state index is 14.1. The first-order valence-electron chi connectivity index (χ1n) is 5.52. The second-order valence-corrected chi connectivity index (χ2v) is 4.80. The lowest BCUT2D eigenvalue weighted by molar-refractivity contribution is 0.624. The Hall–Kier alpha value is -1.49. The molecule has 0 aliphatic carbocycles. The standard InChI is InChI=1S/C13H13BrFN3/c1-7-8(2)18-13(16-3)12(17-7)9-5-4-6-10(14)11(9)15/h4-6H,1-3H3,(H,16,18). The van der Waals surface area contributed by atoms with Gasteiger partial charge in [-0.2, -0.15) is 0 Å². The second kappa shape index (κ2) is 5.02. The number of nitrogens with one attached hydrogen (secondary N) is 1. The van der Waals surface area contributed by atoms with Crippen molar-refractivity contribution in [2.75, 3.05) is 12.4 Å². The molecule has 0 saturated heterocycles. The van der Waals surface area contributed by atoms with Gasteiger partial charge in [-0.1, -0.05) is 6.07 Å². The molecule has 3 nitrogen and oxygen atoms in total. The zero-order valence-electron chi connectivity index (χ0n) is 10.4. The van der Waals surface area contributed by atoms with Gasteiger partial charge in [0.25, 0.3) is 0 Å². The fourth-order valence-electron chi connectivity index (χ4n) is 1.65. The van der Waals surface area contributed by atoms with Gasteiger partial charge in [-0.15, -0.1) is 0 Å². The third-order valence-corrected chi connectivity index (χ3v) is 3.36. The molecule has 0 atom stereocenters. The molecule has 1 heterocycles. The van der Waals surface area contributed by atoms with Crippen LogP contribution in [0.1, 0.15) is 11.4 Å². The summed E-state index contributed by atoms with van der Waals surface area (Å²) in [6.07, 6.45) is 0. The lowest BCUT2D eigenvalue weighted by Crippen LogP contribution is -2.03. The lowest BCUT2D eigenvalue weighted by atomic mass is 10.1. The maximum atomic E-state index is 14.1. The number of hydrogen-bond donors (Lipinski definition) is 1. The van der Waals surface area contributed by atoms with Gasteiger partial charge < -0.3 is 5.32 Å². The van der Waals surface area contributed by atoms with Gasteiger partial charge >= 0.3 is 0 Å². The Labute approximate surface area is 114 Å². The van der Waals surface area contributed by atoms with Crippen molar-refractivity contribution in [3.05, 3.63) is 39.9 Å². The largest absolute Gasteiger partial charge is 0.371 e. The van der Waals surface area contributed by atoms with E-state index in [9.17, 15) is 4.39 Å². The Bertz CT molecular complexity index is 599. The van der Waals surface area contributed by atoms with Crippen LogP contribution in [0.15, 0.2) is 22.7 Å². The van der Waals surface area contributed by atoms with Gasteiger partial charge in [0.1, 0.15) is 11.5 Å². The third-order valence-electron chi connectivity index (χ3n) is 2.75. The molecule has 0 aliphatic rings. The molecule has 0 amide bonds. The first-order chi connectivity index (χ1) is 8.54. The number of halogens is 2. The molecule has 5 heteroatoms. The Morgan fingerprint density at radius 3 is 2.50 bits per heavy atom. The molecule has 0 radical (unpaired) electrons. The van der Waals surface area contributed by atoms with Crippen molar-refractivity contribution in [3.8, 4) is 11.3 Å². The molecule has 0 fully saturated rings. The number of benzene rings is 1. The van der Waals surface area contributed by atoms with Crippen molar-refractivity contribution >= 4 is 21.7 Å². The first-order valence-corrected chi connectivity index (χ1v) is 6.31. The van der Waals surface area contributed by atoms with E-state index in [0.29, 0.717) is 21.5 Å². The smallest absolute Gasteiger partial charge is 0.152 e. The minimum absolute atomic E-state index is 0.327. The van der Waals surface area contributed by atoms with Crippen LogP contribution in [0.5, 0.6) is 0 Å². The number of rotatable bonds is 2. The van der Waals surface area contributed by atoms with Crippen molar-refractivity contribution in [3.63, 3.8) is 0 Å². The molecule has 0 unspecified atom stereocenters. The van der Waals surface area contributed by atoms with Crippen molar-refractivity contribution in [2.24, 2.45) is 0 Å². The quantitative estimate of drug-likeness (QED) is 0.919. The van der Waals surface area contributed by atoms with Crippen LogP contribution < -0.4 is 5.32 Å². The normalized spacial score (nSPS) is 10.5. The number of aryl methyl sites for hydroxylation is 2. The summed E-state index contributed by atoms with van der Waals surface area (Å²) in [5.74, 6) is 0.252. The zero-order chi connectivity index (χ0) is 13.3. The van der Waals surface area contributed by atoms with Crippen LogP contribution in [0.3, 0.4) is 0 Å². The average Bonchev–Trinajstić information content (AvgIpc) is 2.36. The van der Waals surface area contributed by atoms with E-state index in [-0.39, 0.29) is 5.82 Å². The van der Waals surface area contributed by atoms with Crippen LogP contribution in [0.4, 0.5) is 10.2 Å².